The Morgan fingerprint density at radius 1 is 1.20 bits per heavy atom. The number of carbonyl (C=O) groups excluding carboxylic acids is 2. The second-order valence-electron chi connectivity index (χ2n) is 8.62. The van der Waals surface area contributed by atoms with Crippen LogP contribution in [0.1, 0.15) is 25.8 Å². The first-order chi connectivity index (χ1) is 16.2. The van der Waals surface area contributed by atoms with Crippen LogP contribution in [0.15, 0.2) is 24.3 Å². The summed E-state index contributed by atoms with van der Waals surface area (Å²) < 4.78 is 70.7. The molecule has 13 heteroatoms. The third-order valence-corrected chi connectivity index (χ3v) is 6.87. The molecule has 4 N–H and O–H groups in total. The normalized spacial score (nSPS) is 20.4. The highest BCUT2D eigenvalue weighted by atomic mass is 32.2. The Hall–Kier alpha value is -2.12. The van der Waals surface area contributed by atoms with Crippen LogP contribution in [0.5, 0.6) is 5.75 Å². The zero-order valence-corrected chi connectivity index (χ0v) is 20.3. The molecule has 2 amide bonds. The fraction of sp³-hybridized carbons (Fsp3) is 0.636. The molecule has 4 atom stereocenters. The largest absolute Gasteiger partial charge is 0.497 e. The molecule has 0 saturated carbocycles. The zero-order chi connectivity index (χ0) is 26.4. The van der Waals surface area contributed by atoms with Crippen molar-refractivity contribution in [1.29, 1.82) is 0 Å². The van der Waals surface area contributed by atoms with E-state index in [1.807, 2.05) is 24.3 Å². The monoisotopic (exact) mass is 527 g/mol. The van der Waals surface area contributed by atoms with Crippen LogP contribution in [0, 0.1) is 5.92 Å². The van der Waals surface area contributed by atoms with Gasteiger partial charge in [-0.3, -0.25) is 9.59 Å². The molecule has 0 bridgehead atoms. The first-order valence-corrected chi connectivity index (χ1v) is 12.0. The number of rotatable bonds is 11. The van der Waals surface area contributed by atoms with Crippen molar-refractivity contribution >= 4 is 23.6 Å². The summed E-state index contributed by atoms with van der Waals surface area (Å²) in [6.07, 6.45) is -7.20. The lowest BCUT2D eigenvalue weighted by atomic mass is 9.93. The number of ether oxygens (including phenoxy) is 1. The van der Waals surface area contributed by atoms with Gasteiger partial charge in [-0.2, -0.15) is 33.7 Å². The molecule has 0 aromatic heterocycles. The van der Waals surface area contributed by atoms with Crippen molar-refractivity contribution in [2.45, 2.75) is 61.6 Å². The van der Waals surface area contributed by atoms with Crippen LogP contribution >= 0.6 is 11.8 Å². The topological polar surface area (TPSA) is 99.7 Å². The van der Waals surface area contributed by atoms with Gasteiger partial charge in [-0.15, -0.1) is 0 Å². The lowest BCUT2D eigenvalue weighted by Crippen LogP contribution is -2.61. The van der Waals surface area contributed by atoms with Gasteiger partial charge in [0, 0.05) is 17.5 Å². The molecular formula is C22H30F5N3O4S. The predicted molar refractivity (Wildman–Crippen MR) is 121 cm³/mol. The summed E-state index contributed by atoms with van der Waals surface area (Å²) in [5, 5.41) is 16.7. The molecular weight excluding hydrogens is 497 g/mol. The third-order valence-electron chi connectivity index (χ3n) is 5.54. The van der Waals surface area contributed by atoms with E-state index in [0.29, 0.717) is 18.7 Å². The second kappa shape index (κ2) is 12.2. The van der Waals surface area contributed by atoms with Crippen LogP contribution in [0.25, 0.3) is 0 Å². The third kappa shape index (κ3) is 8.50. The Bertz CT molecular complexity index is 854. The summed E-state index contributed by atoms with van der Waals surface area (Å²) in [6.45, 7) is 1.42. The van der Waals surface area contributed by atoms with E-state index in [2.05, 4.69) is 10.6 Å². The number of halogens is 5. The van der Waals surface area contributed by atoms with Crippen molar-refractivity contribution in [1.82, 2.24) is 16.0 Å². The van der Waals surface area contributed by atoms with Crippen LogP contribution in [0.3, 0.4) is 0 Å². The van der Waals surface area contributed by atoms with E-state index in [0.717, 1.165) is 16.6 Å². The molecule has 2 rings (SSSR count). The van der Waals surface area contributed by atoms with Crippen molar-refractivity contribution < 1.29 is 41.4 Å². The lowest BCUT2D eigenvalue weighted by Gasteiger charge is -2.32. The molecule has 0 aliphatic carbocycles. The quantitative estimate of drug-likeness (QED) is 0.330. The van der Waals surface area contributed by atoms with E-state index >= 15 is 0 Å². The number of nitrogens with one attached hydrogen (secondary N) is 3. The number of alkyl halides is 5. The van der Waals surface area contributed by atoms with Gasteiger partial charge in [0.05, 0.1) is 19.2 Å². The van der Waals surface area contributed by atoms with Crippen LogP contribution in [0.4, 0.5) is 22.0 Å². The molecule has 1 saturated heterocycles. The number of thioether (sulfide) groups is 1. The molecule has 0 radical (unpaired) electrons. The standard InChI is InChI=1S/C22H30F5N3O4S/c1-12(2)17(18(31)22(26,27)20(33)29-11-21(23,24)25)30-19(32)16-8-15(9-28-16)35-10-13-4-6-14(34-3)7-5-13/h4-7,12,15-18,28,31H,8-11H2,1-3H3,(H,29,33)(H,30,32)/t15-,16+,17+,18-/m1/s1. The summed E-state index contributed by atoms with van der Waals surface area (Å²) in [7, 11) is 1.58. The number of aliphatic hydroxyl groups is 1. The Morgan fingerprint density at radius 2 is 1.83 bits per heavy atom. The van der Waals surface area contributed by atoms with Crippen molar-refractivity contribution in [2.75, 3.05) is 20.2 Å². The van der Waals surface area contributed by atoms with Crippen LogP contribution in [-0.2, 0) is 15.3 Å². The maximum absolute atomic E-state index is 14.4. The molecule has 1 aromatic rings. The SMILES string of the molecule is COc1ccc(CS[C@H]2CN[C@H](C(=O)N[C@@H](C(C)C)[C@@H](O)C(F)(F)C(=O)NCC(F)(F)F)C2)cc1. The average molecular weight is 528 g/mol. The molecule has 0 spiro atoms. The fourth-order valence-corrected chi connectivity index (χ4v) is 4.66. The molecule has 1 aliphatic rings. The molecule has 1 aliphatic heterocycles. The Labute approximate surface area is 204 Å². The maximum atomic E-state index is 14.4. The summed E-state index contributed by atoms with van der Waals surface area (Å²) in [5.74, 6) is -6.76. The van der Waals surface area contributed by atoms with E-state index < -0.39 is 54.6 Å². The van der Waals surface area contributed by atoms with Gasteiger partial charge < -0.3 is 25.8 Å². The second-order valence-corrected chi connectivity index (χ2v) is 9.91. The number of benzene rings is 1. The molecule has 0 unspecified atom stereocenters. The number of hydrogen-bond donors (Lipinski definition) is 4. The van der Waals surface area contributed by atoms with Gasteiger partial charge in [0.25, 0.3) is 5.91 Å². The summed E-state index contributed by atoms with van der Waals surface area (Å²) in [4.78, 5) is 24.3. The van der Waals surface area contributed by atoms with Crippen LogP contribution < -0.4 is 20.7 Å². The smallest absolute Gasteiger partial charge is 0.405 e. The minimum Gasteiger partial charge on any atom is -0.497 e. The minimum atomic E-state index is -4.89. The van der Waals surface area contributed by atoms with Gasteiger partial charge in [-0.1, -0.05) is 26.0 Å². The fourth-order valence-electron chi connectivity index (χ4n) is 3.50. The van der Waals surface area contributed by atoms with E-state index in [9.17, 15) is 36.6 Å². The van der Waals surface area contributed by atoms with E-state index in [4.69, 9.17) is 4.74 Å². The molecule has 1 aromatic carbocycles. The van der Waals surface area contributed by atoms with Crippen molar-refractivity contribution in [3.63, 3.8) is 0 Å². The predicted octanol–water partition coefficient (Wildman–Crippen LogP) is 2.47. The lowest BCUT2D eigenvalue weighted by molar-refractivity contribution is -0.174. The summed E-state index contributed by atoms with van der Waals surface area (Å²) in [6, 6.07) is 5.27. The van der Waals surface area contributed by atoms with Crippen LogP contribution in [-0.4, -0.2) is 72.7 Å². The van der Waals surface area contributed by atoms with Crippen molar-refractivity contribution in [2.24, 2.45) is 5.92 Å². The molecule has 1 heterocycles. The number of hydrogen-bond acceptors (Lipinski definition) is 6. The number of aliphatic hydroxyl groups excluding tert-OH is 1. The Balaban J connectivity index is 1.92. The zero-order valence-electron chi connectivity index (χ0n) is 19.5. The van der Waals surface area contributed by atoms with Gasteiger partial charge >= 0.3 is 12.1 Å². The van der Waals surface area contributed by atoms with E-state index in [-0.39, 0.29) is 5.25 Å². The van der Waals surface area contributed by atoms with Crippen molar-refractivity contribution in [3.8, 4) is 5.75 Å². The molecule has 7 nitrogen and oxygen atoms in total. The molecule has 1 fully saturated rings. The minimum absolute atomic E-state index is 0.0739. The first kappa shape index (κ1) is 29.1. The highest BCUT2D eigenvalue weighted by molar-refractivity contribution is 7.99. The van der Waals surface area contributed by atoms with Crippen LogP contribution in [0.2, 0.25) is 0 Å². The summed E-state index contributed by atoms with van der Waals surface area (Å²) >= 11 is 1.62. The first-order valence-electron chi connectivity index (χ1n) is 10.9. The summed E-state index contributed by atoms with van der Waals surface area (Å²) in [5.41, 5.74) is 1.07. The van der Waals surface area contributed by atoms with Gasteiger partial charge in [-0.25, -0.2) is 0 Å². The Kier molecular flexibility index (Phi) is 10.2. The maximum Gasteiger partial charge on any atom is 0.405 e. The highest BCUT2D eigenvalue weighted by Gasteiger charge is 2.52. The van der Waals surface area contributed by atoms with Gasteiger partial charge in [0.15, 0.2) is 0 Å². The average Bonchev–Trinajstić information content (AvgIpc) is 3.27. The highest BCUT2D eigenvalue weighted by Crippen LogP contribution is 2.28. The number of methoxy groups -OCH3 is 1. The Morgan fingerprint density at radius 3 is 2.37 bits per heavy atom. The molecule has 198 valence electrons. The number of carbonyl (C=O) groups is 2. The van der Waals surface area contributed by atoms with E-state index in [1.165, 1.54) is 13.8 Å². The van der Waals surface area contributed by atoms with Gasteiger partial charge in [0.2, 0.25) is 5.91 Å². The van der Waals surface area contributed by atoms with Crippen molar-refractivity contribution in [3.05, 3.63) is 29.8 Å². The van der Waals surface area contributed by atoms with Gasteiger partial charge in [-0.05, 0) is 30.0 Å². The molecule has 35 heavy (non-hydrogen) atoms. The number of amides is 2. The van der Waals surface area contributed by atoms with Gasteiger partial charge in [0.1, 0.15) is 18.4 Å². The van der Waals surface area contributed by atoms with E-state index in [1.54, 1.807) is 18.9 Å².